The fraction of sp³-hybridized carbons (Fsp3) is 0.192. The van der Waals surface area contributed by atoms with E-state index < -0.39 is 17.6 Å². The second-order valence-electron chi connectivity index (χ2n) is 7.78. The molecule has 3 aromatic carbocycles. The number of methoxy groups -OCH3 is 1. The molecule has 4 rings (SSSR count). The van der Waals surface area contributed by atoms with Gasteiger partial charge in [-0.1, -0.05) is 47.6 Å². The molecule has 6 nitrogen and oxygen atoms in total. The molecule has 0 radical (unpaired) electrons. The van der Waals surface area contributed by atoms with Crippen LogP contribution >= 0.6 is 0 Å². The summed E-state index contributed by atoms with van der Waals surface area (Å²) < 4.78 is 49.3. The molecule has 0 aliphatic carbocycles. The van der Waals surface area contributed by atoms with Crippen molar-refractivity contribution in [1.29, 1.82) is 0 Å². The number of carbonyl (C=O) groups is 1. The van der Waals surface area contributed by atoms with Crippen LogP contribution in [0, 0.1) is 0 Å². The van der Waals surface area contributed by atoms with E-state index in [-0.39, 0.29) is 25.1 Å². The third-order valence-corrected chi connectivity index (χ3v) is 5.35. The first-order chi connectivity index (χ1) is 16.8. The highest BCUT2D eigenvalue weighted by Gasteiger charge is 2.30. The maximum absolute atomic E-state index is 13.2. The molecule has 35 heavy (non-hydrogen) atoms. The fourth-order valence-corrected chi connectivity index (χ4v) is 3.51. The van der Waals surface area contributed by atoms with E-state index in [4.69, 9.17) is 9.26 Å². The van der Waals surface area contributed by atoms with E-state index in [1.165, 1.54) is 12.1 Å². The third-order valence-electron chi connectivity index (χ3n) is 5.35. The van der Waals surface area contributed by atoms with Crippen LogP contribution in [-0.4, -0.2) is 34.6 Å². The molecule has 1 amide bonds. The van der Waals surface area contributed by atoms with Gasteiger partial charge in [0.1, 0.15) is 5.75 Å². The van der Waals surface area contributed by atoms with Crippen LogP contribution in [0.4, 0.5) is 13.2 Å². The van der Waals surface area contributed by atoms with Gasteiger partial charge in [-0.2, -0.15) is 18.2 Å². The number of aromatic nitrogens is 2. The summed E-state index contributed by atoms with van der Waals surface area (Å²) in [7, 11) is 1.57. The number of halogens is 3. The van der Waals surface area contributed by atoms with Crippen LogP contribution in [0.3, 0.4) is 0 Å². The Balaban J connectivity index is 1.51. The van der Waals surface area contributed by atoms with E-state index in [0.29, 0.717) is 17.5 Å². The zero-order chi connectivity index (χ0) is 24.8. The zero-order valence-electron chi connectivity index (χ0n) is 18.8. The Kier molecular flexibility index (Phi) is 7.14. The summed E-state index contributed by atoms with van der Waals surface area (Å²) in [6.45, 7) is 0.506. The van der Waals surface area contributed by atoms with Gasteiger partial charge in [0.25, 0.3) is 5.91 Å². The molecule has 0 aliphatic heterocycles. The lowest BCUT2D eigenvalue weighted by Crippen LogP contribution is -2.32. The van der Waals surface area contributed by atoms with Crippen LogP contribution in [0.25, 0.3) is 11.4 Å². The zero-order valence-corrected chi connectivity index (χ0v) is 18.8. The molecule has 9 heteroatoms. The van der Waals surface area contributed by atoms with Crippen molar-refractivity contribution in [2.75, 3.05) is 13.7 Å². The van der Waals surface area contributed by atoms with Crippen molar-refractivity contribution in [2.24, 2.45) is 0 Å². The molecule has 1 heterocycles. The number of carbonyl (C=O) groups excluding carboxylic acids is 1. The Hall–Kier alpha value is -4.14. The monoisotopic (exact) mass is 481 g/mol. The molecular weight excluding hydrogens is 459 g/mol. The lowest BCUT2D eigenvalue weighted by Gasteiger charge is -2.22. The predicted octanol–water partition coefficient (Wildman–Crippen LogP) is 5.65. The maximum atomic E-state index is 13.2. The van der Waals surface area contributed by atoms with Crippen molar-refractivity contribution >= 4 is 5.91 Å². The molecule has 0 unspecified atom stereocenters. The first kappa shape index (κ1) is 24.0. The van der Waals surface area contributed by atoms with Crippen molar-refractivity contribution in [3.8, 4) is 17.1 Å². The number of amides is 1. The summed E-state index contributed by atoms with van der Waals surface area (Å²) in [6, 6.07) is 20.8. The van der Waals surface area contributed by atoms with Crippen LogP contribution in [-0.2, 0) is 19.1 Å². The van der Waals surface area contributed by atoms with Crippen LogP contribution in [0.15, 0.2) is 83.4 Å². The lowest BCUT2D eigenvalue weighted by molar-refractivity contribution is -0.137. The molecule has 1 aromatic heterocycles. The number of alkyl halides is 3. The first-order valence-corrected chi connectivity index (χ1v) is 10.8. The van der Waals surface area contributed by atoms with Gasteiger partial charge in [-0.15, -0.1) is 0 Å². The summed E-state index contributed by atoms with van der Waals surface area (Å²) in [5, 5.41) is 4.01. The summed E-state index contributed by atoms with van der Waals surface area (Å²) in [4.78, 5) is 19.2. The van der Waals surface area contributed by atoms with Gasteiger partial charge in [-0.3, -0.25) is 4.79 Å². The smallest absolute Gasteiger partial charge is 0.416 e. The SMILES string of the molecule is COc1cccc(-c2noc(CCN(Cc3ccccc3)C(=O)c3ccc(C(F)(F)F)cc3)n2)c1. The molecule has 0 bridgehead atoms. The topological polar surface area (TPSA) is 68.5 Å². The third kappa shape index (κ3) is 6.06. The second kappa shape index (κ2) is 10.4. The van der Waals surface area contributed by atoms with Gasteiger partial charge >= 0.3 is 6.18 Å². The van der Waals surface area contributed by atoms with Crippen LogP contribution in [0.5, 0.6) is 5.75 Å². The van der Waals surface area contributed by atoms with Gasteiger partial charge in [0, 0.05) is 30.6 Å². The van der Waals surface area contributed by atoms with E-state index in [9.17, 15) is 18.0 Å². The van der Waals surface area contributed by atoms with Crippen molar-refractivity contribution in [3.05, 3.63) is 101 Å². The van der Waals surface area contributed by atoms with Crippen molar-refractivity contribution in [2.45, 2.75) is 19.1 Å². The number of ether oxygens (including phenoxy) is 1. The van der Waals surface area contributed by atoms with Crippen molar-refractivity contribution in [1.82, 2.24) is 15.0 Å². The van der Waals surface area contributed by atoms with E-state index in [0.717, 1.165) is 23.3 Å². The molecule has 0 saturated heterocycles. The minimum atomic E-state index is -4.47. The molecule has 0 atom stereocenters. The molecule has 0 fully saturated rings. The van der Waals surface area contributed by atoms with Crippen molar-refractivity contribution in [3.63, 3.8) is 0 Å². The summed E-state index contributed by atoms with van der Waals surface area (Å²) in [6.07, 6.45) is -4.19. The van der Waals surface area contributed by atoms with E-state index >= 15 is 0 Å². The van der Waals surface area contributed by atoms with Gasteiger partial charge in [-0.05, 0) is 42.0 Å². The minimum Gasteiger partial charge on any atom is -0.497 e. The molecule has 4 aromatic rings. The standard InChI is InChI=1S/C26H22F3N3O3/c1-34-22-9-5-8-20(16-22)24-30-23(35-31-24)14-15-32(17-18-6-3-2-4-7-18)25(33)19-10-12-21(13-11-19)26(27,28)29/h2-13,16H,14-15,17H2,1H3. The van der Waals surface area contributed by atoms with Crippen molar-refractivity contribution < 1.29 is 27.2 Å². The molecule has 0 spiro atoms. The Labute approximate surface area is 200 Å². The number of hydrogen-bond donors (Lipinski definition) is 0. The molecular formula is C26H22F3N3O3. The van der Waals surface area contributed by atoms with Gasteiger partial charge in [0.05, 0.1) is 12.7 Å². The number of hydrogen-bond acceptors (Lipinski definition) is 5. The second-order valence-corrected chi connectivity index (χ2v) is 7.78. The highest BCUT2D eigenvalue weighted by molar-refractivity contribution is 5.94. The fourth-order valence-electron chi connectivity index (χ4n) is 3.51. The number of rotatable bonds is 8. The van der Waals surface area contributed by atoms with E-state index in [2.05, 4.69) is 10.1 Å². The van der Waals surface area contributed by atoms with Gasteiger partial charge < -0.3 is 14.2 Å². The summed E-state index contributed by atoms with van der Waals surface area (Å²) in [5.74, 6) is 0.990. The Bertz CT molecular complexity index is 1270. The summed E-state index contributed by atoms with van der Waals surface area (Å²) >= 11 is 0. The van der Waals surface area contributed by atoms with E-state index in [1.807, 2.05) is 42.5 Å². The van der Waals surface area contributed by atoms with Crippen LogP contribution in [0.1, 0.15) is 27.4 Å². The Morgan fingerprint density at radius 1 is 1.00 bits per heavy atom. The molecule has 0 N–H and O–H groups in total. The first-order valence-electron chi connectivity index (χ1n) is 10.8. The predicted molar refractivity (Wildman–Crippen MR) is 123 cm³/mol. The average Bonchev–Trinajstić information content (AvgIpc) is 3.35. The Morgan fingerprint density at radius 3 is 2.43 bits per heavy atom. The largest absolute Gasteiger partial charge is 0.497 e. The van der Waals surface area contributed by atoms with Gasteiger partial charge in [0.2, 0.25) is 11.7 Å². The quantitative estimate of drug-likeness (QED) is 0.325. The number of benzene rings is 3. The van der Waals surface area contributed by atoms with E-state index in [1.54, 1.807) is 24.1 Å². The van der Waals surface area contributed by atoms with Gasteiger partial charge in [-0.25, -0.2) is 0 Å². The van der Waals surface area contributed by atoms with Crippen LogP contribution in [0.2, 0.25) is 0 Å². The van der Waals surface area contributed by atoms with Gasteiger partial charge in [0.15, 0.2) is 0 Å². The summed E-state index contributed by atoms with van der Waals surface area (Å²) in [5.41, 5.74) is 0.966. The highest BCUT2D eigenvalue weighted by Crippen LogP contribution is 2.29. The molecule has 0 aliphatic rings. The number of nitrogens with zero attached hydrogens (tertiary/aromatic N) is 3. The van der Waals surface area contributed by atoms with Crippen LogP contribution < -0.4 is 4.74 Å². The Morgan fingerprint density at radius 2 is 1.74 bits per heavy atom. The average molecular weight is 481 g/mol. The minimum absolute atomic E-state index is 0.163. The highest BCUT2D eigenvalue weighted by atomic mass is 19.4. The normalized spacial score (nSPS) is 11.3. The lowest BCUT2D eigenvalue weighted by atomic mass is 10.1. The molecule has 0 saturated carbocycles. The molecule has 180 valence electrons. The maximum Gasteiger partial charge on any atom is 0.416 e.